The summed E-state index contributed by atoms with van der Waals surface area (Å²) in [4.78, 5) is 0.923. The fraction of sp³-hybridized carbons (Fsp3) is 0.167. The molecule has 3 rings (SSSR count). The standard InChI is InChI=1S/C12H12N4S/c13-7-6-11-14-15-12-16(11)10(8-17-12)9-4-2-1-3-5-9/h1-5,8H,6-7,13H2. The first-order valence-electron chi connectivity index (χ1n) is 5.47. The van der Waals surface area contributed by atoms with Crippen LogP contribution in [-0.4, -0.2) is 21.1 Å². The highest BCUT2D eigenvalue weighted by molar-refractivity contribution is 7.15. The Morgan fingerprint density at radius 3 is 2.76 bits per heavy atom. The van der Waals surface area contributed by atoms with E-state index in [-0.39, 0.29) is 0 Å². The third-order valence-corrected chi connectivity index (χ3v) is 3.47. The van der Waals surface area contributed by atoms with Gasteiger partial charge >= 0.3 is 0 Å². The van der Waals surface area contributed by atoms with Crippen LogP contribution in [0.4, 0.5) is 0 Å². The molecule has 0 fully saturated rings. The third kappa shape index (κ3) is 1.73. The summed E-state index contributed by atoms with van der Waals surface area (Å²) in [5.74, 6) is 0.933. The average Bonchev–Trinajstić information content (AvgIpc) is 2.94. The predicted octanol–water partition coefficient (Wildman–Crippen LogP) is 1.96. The summed E-state index contributed by atoms with van der Waals surface area (Å²) in [6, 6.07) is 10.3. The van der Waals surface area contributed by atoms with E-state index in [0.717, 1.165) is 22.9 Å². The molecule has 1 aromatic carbocycles. The SMILES string of the molecule is NCCc1nnc2scc(-c3ccccc3)n12. The van der Waals surface area contributed by atoms with Gasteiger partial charge in [0.2, 0.25) is 4.96 Å². The van der Waals surface area contributed by atoms with Gasteiger partial charge in [-0.05, 0) is 12.1 Å². The lowest BCUT2D eigenvalue weighted by Crippen LogP contribution is -2.06. The van der Waals surface area contributed by atoms with E-state index in [1.54, 1.807) is 11.3 Å². The van der Waals surface area contributed by atoms with E-state index in [1.807, 2.05) is 18.2 Å². The van der Waals surface area contributed by atoms with Gasteiger partial charge in [0.1, 0.15) is 5.82 Å². The highest BCUT2D eigenvalue weighted by atomic mass is 32.1. The van der Waals surface area contributed by atoms with Crippen molar-refractivity contribution in [3.8, 4) is 11.3 Å². The summed E-state index contributed by atoms with van der Waals surface area (Å²) in [5.41, 5.74) is 7.91. The van der Waals surface area contributed by atoms with Crippen LogP contribution < -0.4 is 5.73 Å². The Balaban J connectivity index is 2.19. The molecule has 0 saturated heterocycles. The summed E-state index contributed by atoms with van der Waals surface area (Å²) in [6.07, 6.45) is 0.748. The van der Waals surface area contributed by atoms with E-state index in [1.165, 1.54) is 5.56 Å². The van der Waals surface area contributed by atoms with Gasteiger partial charge in [-0.1, -0.05) is 30.3 Å². The van der Waals surface area contributed by atoms with Crippen LogP contribution in [0, 0.1) is 0 Å². The molecule has 0 aliphatic heterocycles. The quantitative estimate of drug-likeness (QED) is 0.766. The molecule has 0 aliphatic carbocycles. The van der Waals surface area contributed by atoms with Crippen LogP contribution in [0.5, 0.6) is 0 Å². The molecule has 2 heterocycles. The van der Waals surface area contributed by atoms with Crippen LogP contribution in [0.25, 0.3) is 16.2 Å². The molecule has 0 unspecified atom stereocenters. The molecule has 0 amide bonds. The molecular formula is C12H12N4S. The minimum Gasteiger partial charge on any atom is -0.330 e. The fourth-order valence-electron chi connectivity index (χ4n) is 1.88. The van der Waals surface area contributed by atoms with Crippen LogP contribution >= 0.6 is 11.3 Å². The predicted molar refractivity (Wildman–Crippen MR) is 69.1 cm³/mol. The number of nitrogens with two attached hydrogens (primary N) is 1. The molecular weight excluding hydrogens is 232 g/mol. The Labute approximate surface area is 103 Å². The van der Waals surface area contributed by atoms with Crippen molar-refractivity contribution in [1.82, 2.24) is 14.6 Å². The third-order valence-electron chi connectivity index (χ3n) is 2.65. The lowest BCUT2D eigenvalue weighted by atomic mass is 10.2. The van der Waals surface area contributed by atoms with Crippen LogP contribution in [0.15, 0.2) is 35.7 Å². The first kappa shape index (κ1) is 10.4. The number of rotatable bonds is 3. The average molecular weight is 244 g/mol. The van der Waals surface area contributed by atoms with Crippen molar-refractivity contribution in [2.24, 2.45) is 5.73 Å². The highest BCUT2D eigenvalue weighted by Crippen LogP contribution is 2.26. The summed E-state index contributed by atoms with van der Waals surface area (Å²) >= 11 is 1.60. The Morgan fingerprint density at radius 1 is 1.18 bits per heavy atom. The van der Waals surface area contributed by atoms with E-state index in [4.69, 9.17) is 5.73 Å². The van der Waals surface area contributed by atoms with E-state index in [9.17, 15) is 0 Å². The molecule has 0 radical (unpaired) electrons. The van der Waals surface area contributed by atoms with Gasteiger partial charge in [-0.3, -0.25) is 4.40 Å². The van der Waals surface area contributed by atoms with Crippen LogP contribution in [-0.2, 0) is 6.42 Å². The lowest BCUT2D eigenvalue weighted by Gasteiger charge is -2.01. The van der Waals surface area contributed by atoms with Gasteiger partial charge in [-0.15, -0.1) is 21.5 Å². The largest absolute Gasteiger partial charge is 0.330 e. The summed E-state index contributed by atoms with van der Waals surface area (Å²) in [5, 5.41) is 10.4. The molecule has 2 aromatic heterocycles. The monoisotopic (exact) mass is 244 g/mol. The van der Waals surface area contributed by atoms with Crippen molar-refractivity contribution < 1.29 is 0 Å². The first-order chi connectivity index (χ1) is 8.40. The molecule has 4 nitrogen and oxygen atoms in total. The van der Waals surface area contributed by atoms with Crippen LogP contribution in [0.2, 0.25) is 0 Å². The topological polar surface area (TPSA) is 56.2 Å². The second kappa shape index (κ2) is 4.27. The van der Waals surface area contributed by atoms with Crippen molar-refractivity contribution in [2.45, 2.75) is 6.42 Å². The Kier molecular flexibility index (Phi) is 2.62. The van der Waals surface area contributed by atoms with Crippen molar-refractivity contribution in [2.75, 3.05) is 6.54 Å². The number of benzene rings is 1. The first-order valence-corrected chi connectivity index (χ1v) is 6.35. The van der Waals surface area contributed by atoms with Crippen molar-refractivity contribution >= 4 is 16.3 Å². The normalized spacial score (nSPS) is 11.1. The molecule has 0 spiro atoms. The molecule has 17 heavy (non-hydrogen) atoms. The molecule has 0 bridgehead atoms. The molecule has 3 aromatic rings. The van der Waals surface area contributed by atoms with Gasteiger partial charge in [0.15, 0.2) is 0 Å². The zero-order valence-corrected chi connectivity index (χ0v) is 10.0. The molecule has 2 N–H and O–H groups in total. The second-order valence-corrected chi connectivity index (χ2v) is 4.60. The molecule has 0 aliphatic rings. The minimum atomic E-state index is 0.588. The molecule has 0 atom stereocenters. The maximum Gasteiger partial charge on any atom is 0.216 e. The molecule has 86 valence electrons. The van der Waals surface area contributed by atoms with Gasteiger partial charge in [0.05, 0.1) is 5.69 Å². The van der Waals surface area contributed by atoms with Gasteiger partial charge in [0.25, 0.3) is 0 Å². The zero-order chi connectivity index (χ0) is 11.7. The second-order valence-electron chi connectivity index (χ2n) is 3.76. The molecule has 0 saturated carbocycles. The van der Waals surface area contributed by atoms with Gasteiger partial charge in [-0.2, -0.15) is 0 Å². The van der Waals surface area contributed by atoms with Gasteiger partial charge < -0.3 is 5.73 Å². The van der Waals surface area contributed by atoms with Crippen LogP contribution in [0.3, 0.4) is 0 Å². The number of fused-ring (bicyclic) bond motifs is 1. The number of nitrogens with zero attached hydrogens (tertiary/aromatic N) is 3. The van der Waals surface area contributed by atoms with Gasteiger partial charge in [-0.25, -0.2) is 0 Å². The minimum absolute atomic E-state index is 0.588. The van der Waals surface area contributed by atoms with Crippen molar-refractivity contribution in [3.63, 3.8) is 0 Å². The van der Waals surface area contributed by atoms with Crippen molar-refractivity contribution in [1.29, 1.82) is 0 Å². The maximum atomic E-state index is 5.59. The number of hydrogen-bond acceptors (Lipinski definition) is 4. The van der Waals surface area contributed by atoms with Crippen LogP contribution in [0.1, 0.15) is 5.82 Å². The van der Waals surface area contributed by atoms with Crippen molar-refractivity contribution in [3.05, 3.63) is 41.5 Å². The number of hydrogen-bond donors (Lipinski definition) is 1. The Bertz CT molecular complexity index is 626. The van der Waals surface area contributed by atoms with E-state index < -0.39 is 0 Å². The van der Waals surface area contributed by atoms with E-state index >= 15 is 0 Å². The molecule has 5 heteroatoms. The smallest absolute Gasteiger partial charge is 0.216 e. The summed E-state index contributed by atoms with van der Waals surface area (Å²) in [7, 11) is 0. The lowest BCUT2D eigenvalue weighted by molar-refractivity contribution is 0.851. The van der Waals surface area contributed by atoms with Gasteiger partial charge in [0, 0.05) is 11.8 Å². The fourth-order valence-corrected chi connectivity index (χ4v) is 2.73. The Hall–Kier alpha value is -1.72. The summed E-state index contributed by atoms with van der Waals surface area (Å²) < 4.78 is 2.09. The highest BCUT2D eigenvalue weighted by Gasteiger charge is 2.12. The number of aromatic nitrogens is 3. The zero-order valence-electron chi connectivity index (χ0n) is 9.21. The summed E-state index contributed by atoms with van der Waals surface area (Å²) in [6.45, 7) is 0.588. The van der Waals surface area contributed by atoms with E-state index in [0.29, 0.717) is 6.54 Å². The Morgan fingerprint density at radius 2 is 2.00 bits per heavy atom. The number of thiazole rings is 1. The van der Waals surface area contributed by atoms with E-state index in [2.05, 4.69) is 32.1 Å². The maximum absolute atomic E-state index is 5.59.